The summed E-state index contributed by atoms with van der Waals surface area (Å²) in [6, 6.07) is 14.0. The Bertz CT molecular complexity index is 656. The van der Waals surface area contributed by atoms with Crippen LogP contribution in [0.5, 0.6) is 11.5 Å². The van der Waals surface area contributed by atoms with Gasteiger partial charge in [-0.25, -0.2) is 0 Å². The van der Waals surface area contributed by atoms with Crippen LogP contribution >= 0.6 is 23.5 Å². The molecular weight excluding hydrogens is 371 g/mol. The average molecular weight is 400 g/mol. The monoisotopic (exact) mass is 400 g/mol. The molecule has 0 aliphatic carbocycles. The lowest BCUT2D eigenvalue weighted by atomic mass is 9.93. The second kappa shape index (κ2) is 12.3. The molecule has 0 fully saturated rings. The van der Waals surface area contributed by atoms with Crippen molar-refractivity contribution in [3.63, 3.8) is 0 Å². The summed E-state index contributed by atoms with van der Waals surface area (Å²) < 4.78 is 0. The molecule has 2 N–H and O–H groups in total. The van der Waals surface area contributed by atoms with E-state index in [1.165, 1.54) is 37.7 Å². The summed E-state index contributed by atoms with van der Waals surface area (Å²) >= 11 is 3.91. The Morgan fingerprint density at radius 3 is 2.30 bits per heavy atom. The van der Waals surface area contributed by atoms with Crippen LogP contribution in [0.2, 0.25) is 0 Å². The van der Waals surface area contributed by atoms with Gasteiger partial charge >= 0.3 is 0 Å². The summed E-state index contributed by atoms with van der Waals surface area (Å²) in [5.74, 6) is 2.83. The average Bonchev–Trinajstić information content (AvgIpc) is 2.67. The molecule has 0 heterocycles. The number of benzene rings is 2. The Hall–Kier alpha value is -1.20. The van der Waals surface area contributed by atoms with Crippen LogP contribution < -0.4 is 5.46 Å². The summed E-state index contributed by atoms with van der Waals surface area (Å²) in [5.41, 5.74) is 2.35. The first-order chi connectivity index (χ1) is 13.1. The molecule has 0 aliphatic rings. The minimum absolute atomic E-state index is 0.0403. The molecule has 0 amide bonds. The Kier molecular flexibility index (Phi) is 10.1. The number of thioether (sulfide) groups is 2. The summed E-state index contributed by atoms with van der Waals surface area (Å²) in [6.07, 6.45) is 6.32. The maximum absolute atomic E-state index is 9.73. The Balaban J connectivity index is 1.78. The third-order valence-corrected chi connectivity index (χ3v) is 7.01. The second-order valence-electron chi connectivity index (χ2n) is 6.80. The molecule has 0 aliphatic heterocycles. The van der Waals surface area contributed by atoms with Crippen molar-refractivity contribution in [3.05, 3.63) is 53.6 Å². The Morgan fingerprint density at radius 2 is 1.63 bits per heavy atom. The molecule has 0 saturated carbocycles. The van der Waals surface area contributed by atoms with Crippen LogP contribution in [-0.2, 0) is 11.5 Å². The maximum atomic E-state index is 9.73. The van der Waals surface area contributed by atoms with Gasteiger partial charge in [-0.05, 0) is 47.3 Å². The minimum Gasteiger partial charge on any atom is -0.508 e. The molecule has 0 bridgehead atoms. The molecule has 0 spiro atoms. The highest BCUT2D eigenvalue weighted by atomic mass is 32.2. The number of hydrogen-bond acceptors (Lipinski definition) is 4. The third-order valence-electron chi connectivity index (χ3n) is 4.51. The lowest BCUT2D eigenvalue weighted by Gasteiger charge is -2.16. The van der Waals surface area contributed by atoms with Crippen molar-refractivity contribution in [3.8, 4) is 11.5 Å². The van der Waals surface area contributed by atoms with E-state index in [1.807, 2.05) is 11.8 Å². The van der Waals surface area contributed by atoms with E-state index in [4.69, 9.17) is 7.85 Å². The van der Waals surface area contributed by atoms with Crippen molar-refractivity contribution in [1.82, 2.24) is 0 Å². The van der Waals surface area contributed by atoms with Crippen molar-refractivity contribution in [2.24, 2.45) is 0 Å². The fraction of sp³-hybridized carbons (Fsp3) is 0.455. The fourth-order valence-electron chi connectivity index (χ4n) is 2.89. The lowest BCUT2D eigenvalue weighted by molar-refractivity contribution is 0.457. The Morgan fingerprint density at radius 1 is 0.926 bits per heavy atom. The predicted molar refractivity (Wildman–Crippen MR) is 122 cm³/mol. The van der Waals surface area contributed by atoms with Crippen LogP contribution in [-0.4, -0.2) is 29.1 Å². The van der Waals surface area contributed by atoms with Crippen molar-refractivity contribution in [2.45, 2.75) is 55.8 Å². The highest BCUT2D eigenvalue weighted by Gasteiger charge is 2.10. The zero-order valence-electron chi connectivity index (χ0n) is 16.1. The normalized spacial score (nSPS) is 12.2. The van der Waals surface area contributed by atoms with E-state index in [9.17, 15) is 10.2 Å². The maximum Gasteiger partial charge on any atom is 0.124 e. The lowest BCUT2D eigenvalue weighted by Crippen LogP contribution is -2.06. The number of hydrogen-bond donors (Lipinski definition) is 2. The van der Waals surface area contributed by atoms with Gasteiger partial charge in [-0.15, -0.1) is 0 Å². The van der Waals surface area contributed by atoms with E-state index in [0.717, 1.165) is 22.8 Å². The van der Waals surface area contributed by atoms with Crippen LogP contribution in [0.15, 0.2) is 42.5 Å². The molecule has 2 rings (SSSR count). The molecule has 27 heavy (non-hydrogen) atoms. The molecular formula is C22H29BO2S2. The smallest absolute Gasteiger partial charge is 0.124 e. The van der Waals surface area contributed by atoms with Gasteiger partial charge in [-0.2, -0.15) is 23.5 Å². The van der Waals surface area contributed by atoms with Gasteiger partial charge in [0.05, 0.1) is 0 Å². The van der Waals surface area contributed by atoms with E-state index >= 15 is 0 Å². The topological polar surface area (TPSA) is 40.5 Å². The quantitative estimate of drug-likeness (QED) is 0.370. The molecule has 5 heteroatoms. The SMILES string of the molecule is [B]c1c(O)cc(CSCCC(CCCCC)SCc2ccccc2)cc1O. The highest BCUT2D eigenvalue weighted by Crippen LogP contribution is 2.28. The molecule has 2 aromatic rings. The van der Waals surface area contributed by atoms with E-state index < -0.39 is 0 Å². The molecule has 2 nitrogen and oxygen atoms in total. The van der Waals surface area contributed by atoms with Crippen molar-refractivity contribution in [2.75, 3.05) is 5.75 Å². The van der Waals surface area contributed by atoms with Crippen LogP contribution in [0.3, 0.4) is 0 Å². The number of phenolic OH excluding ortho intramolecular Hbond substituents is 2. The summed E-state index contributed by atoms with van der Waals surface area (Å²) in [5, 5.41) is 20.1. The van der Waals surface area contributed by atoms with Crippen molar-refractivity contribution < 1.29 is 10.2 Å². The van der Waals surface area contributed by atoms with Gasteiger partial charge in [-0.1, -0.05) is 56.5 Å². The largest absolute Gasteiger partial charge is 0.508 e. The Labute approximate surface area is 173 Å². The van der Waals surface area contributed by atoms with Crippen molar-refractivity contribution in [1.29, 1.82) is 0 Å². The summed E-state index contributed by atoms with van der Waals surface area (Å²) in [6.45, 7) is 2.25. The van der Waals surface area contributed by atoms with Gasteiger partial charge in [0.1, 0.15) is 19.3 Å². The zero-order chi connectivity index (χ0) is 19.5. The molecule has 0 saturated heterocycles. The van der Waals surface area contributed by atoms with Crippen molar-refractivity contribution >= 4 is 36.8 Å². The van der Waals surface area contributed by atoms with Gasteiger partial charge in [-0.3, -0.25) is 0 Å². The van der Waals surface area contributed by atoms with Crippen LogP contribution in [0.1, 0.15) is 50.2 Å². The molecule has 1 atom stereocenters. The van der Waals surface area contributed by atoms with Crippen LogP contribution in [0, 0.1) is 0 Å². The third kappa shape index (κ3) is 8.14. The van der Waals surface area contributed by atoms with E-state index in [1.54, 1.807) is 12.1 Å². The molecule has 2 aromatic carbocycles. The molecule has 144 valence electrons. The van der Waals surface area contributed by atoms with E-state index in [0.29, 0.717) is 5.25 Å². The molecule has 0 aromatic heterocycles. The van der Waals surface area contributed by atoms with Gasteiger partial charge in [0.25, 0.3) is 0 Å². The van der Waals surface area contributed by atoms with Crippen LogP contribution in [0.25, 0.3) is 0 Å². The first kappa shape index (κ1) is 22.1. The second-order valence-corrected chi connectivity index (χ2v) is 9.20. The minimum atomic E-state index is -0.0403. The highest BCUT2D eigenvalue weighted by molar-refractivity contribution is 7.99. The molecule has 1 unspecified atom stereocenters. The van der Waals surface area contributed by atoms with Gasteiger partial charge < -0.3 is 10.2 Å². The first-order valence-electron chi connectivity index (χ1n) is 9.63. The van der Waals surface area contributed by atoms with E-state index in [-0.39, 0.29) is 17.0 Å². The van der Waals surface area contributed by atoms with Gasteiger partial charge in [0.2, 0.25) is 0 Å². The number of unbranched alkanes of at least 4 members (excludes halogenated alkanes) is 2. The standard InChI is InChI=1S/C22H29BO2S2/c1-2-3-5-10-19(27-16-17-8-6-4-7-9-17)11-12-26-15-18-13-20(24)22(23)21(25)14-18/h4,6-9,13-14,19,24-25H,2-3,5,10-12,15-16H2,1H3. The predicted octanol–water partition coefficient (Wildman–Crippen LogP) is 5.40. The fourth-order valence-corrected chi connectivity index (χ4v) is 5.27. The zero-order valence-corrected chi connectivity index (χ0v) is 17.7. The number of rotatable bonds is 12. The number of aromatic hydroxyl groups is 2. The number of phenols is 2. The van der Waals surface area contributed by atoms with Crippen LogP contribution in [0.4, 0.5) is 0 Å². The molecule has 2 radical (unpaired) electrons. The summed E-state index contributed by atoms with van der Waals surface area (Å²) in [7, 11) is 5.57. The van der Waals surface area contributed by atoms with Gasteiger partial charge in [0.15, 0.2) is 0 Å². The summed E-state index contributed by atoms with van der Waals surface area (Å²) in [4.78, 5) is 0. The first-order valence-corrected chi connectivity index (χ1v) is 11.8. The van der Waals surface area contributed by atoms with Gasteiger partial charge in [0, 0.05) is 16.8 Å². The van der Waals surface area contributed by atoms with E-state index in [2.05, 4.69) is 49.0 Å².